The topological polar surface area (TPSA) is 28.2 Å². The molecule has 0 fully saturated rings. The van der Waals surface area contributed by atoms with Crippen molar-refractivity contribution in [2.45, 2.75) is 34.6 Å². The molecule has 36 heavy (non-hydrogen) atoms. The highest BCUT2D eigenvalue weighted by Crippen LogP contribution is 2.41. The molecule has 2 atom stereocenters. The smallest absolute Gasteiger partial charge is 0.102 e. The molecule has 0 aliphatic heterocycles. The number of halogens is 3. The van der Waals surface area contributed by atoms with Crippen molar-refractivity contribution in [3.63, 3.8) is 0 Å². The monoisotopic (exact) mass is 553 g/mol. The van der Waals surface area contributed by atoms with Crippen molar-refractivity contribution in [3.05, 3.63) is 97.1 Å². The van der Waals surface area contributed by atoms with Crippen molar-refractivity contribution >= 4 is 86.2 Å². The number of benzene rings is 4. The highest BCUT2D eigenvalue weighted by Gasteiger charge is 2.22. The second-order valence-electron chi connectivity index (χ2n) is 8.29. The summed E-state index contributed by atoms with van der Waals surface area (Å²) < 4.78 is 0. The van der Waals surface area contributed by atoms with E-state index >= 15 is 0 Å². The van der Waals surface area contributed by atoms with Gasteiger partial charge in [-0.1, -0.05) is 77.4 Å². The Morgan fingerprint density at radius 2 is 1.33 bits per heavy atom. The Bertz CT molecular complexity index is 1450. The summed E-state index contributed by atoms with van der Waals surface area (Å²) in [5.41, 5.74) is 4.18. The zero-order valence-electron chi connectivity index (χ0n) is 19.9. The Hall–Kier alpha value is -2.63. The largest absolute Gasteiger partial charge is 0.354 e. The lowest BCUT2D eigenvalue weighted by molar-refractivity contribution is 0.773. The van der Waals surface area contributed by atoms with Gasteiger partial charge in [0, 0.05) is 26.3 Å². The van der Waals surface area contributed by atoms with Crippen LogP contribution in [0.2, 0.25) is 0 Å². The van der Waals surface area contributed by atoms with Crippen LogP contribution in [0.3, 0.4) is 0 Å². The van der Waals surface area contributed by atoms with Crippen LogP contribution >= 0.6 is 47.4 Å². The number of hydrogen-bond acceptors (Lipinski definition) is 4. The summed E-state index contributed by atoms with van der Waals surface area (Å²) >= 11 is 14.9. The van der Waals surface area contributed by atoms with E-state index in [0.717, 1.165) is 38.9 Å². The molecule has 1 aromatic heterocycles. The molecule has 2 unspecified atom stereocenters. The maximum absolute atomic E-state index is 6.59. The standard InChI is InChI=1S/C29H25Cl2N3S.ClH/c1-19(30)34(20(2)31)27-14-8-13-26-28(27)29(24-11-6-7-12-25(24)33-26)32-21-15-17-23(18-16-21)35-22-9-4-3-5-10-22;/h3-20H,1-2H3,(H,32,33);1H. The predicted octanol–water partition coefficient (Wildman–Crippen LogP) is 9.68. The minimum Gasteiger partial charge on any atom is -0.354 e. The Morgan fingerprint density at radius 1 is 0.722 bits per heavy atom. The highest BCUT2D eigenvalue weighted by molar-refractivity contribution is 7.99. The first-order chi connectivity index (χ1) is 17.0. The van der Waals surface area contributed by atoms with Gasteiger partial charge >= 0.3 is 0 Å². The van der Waals surface area contributed by atoms with Gasteiger partial charge in [-0.05, 0) is 68.4 Å². The quantitative estimate of drug-likeness (QED) is 0.123. The molecule has 7 heteroatoms. The molecule has 1 heterocycles. The minimum absolute atomic E-state index is 0. The third-order valence-corrected chi connectivity index (χ3v) is 7.27. The van der Waals surface area contributed by atoms with E-state index in [0.29, 0.717) is 0 Å². The Kier molecular flexibility index (Phi) is 8.53. The van der Waals surface area contributed by atoms with Gasteiger partial charge in [0.15, 0.2) is 0 Å². The van der Waals surface area contributed by atoms with Crippen LogP contribution in [0.5, 0.6) is 0 Å². The van der Waals surface area contributed by atoms with Crippen LogP contribution in [0.15, 0.2) is 107 Å². The van der Waals surface area contributed by atoms with Gasteiger partial charge in [0.2, 0.25) is 0 Å². The molecule has 0 amide bonds. The lowest BCUT2D eigenvalue weighted by Gasteiger charge is -2.31. The summed E-state index contributed by atoms with van der Waals surface area (Å²) in [6.45, 7) is 3.87. The summed E-state index contributed by atoms with van der Waals surface area (Å²) in [5, 5.41) is 5.73. The molecule has 4 aromatic carbocycles. The van der Waals surface area contributed by atoms with E-state index in [1.165, 1.54) is 9.79 Å². The first-order valence-electron chi connectivity index (χ1n) is 11.5. The van der Waals surface area contributed by atoms with Gasteiger partial charge in [0.05, 0.1) is 22.4 Å². The fourth-order valence-electron chi connectivity index (χ4n) is 4.31. The van der Waals surface area contributed by atoms with E-state index in [4.69, 9.17) is 28.2 Å². The van der Waals surface area contributed by atoms with E-state index in [-0.39, 0.29) is 23.4 Å². The van der Waals surface area contributed by atoms with Crippen LogP contribution in [-0.2, 0) is 0 Å². The second-order valence-corrected chi connectivity index (χ2v) is 10.7. The zero-order chi connectivity index (χ0) is 24.4. The first-order valence-corrected chi connectivity index (χ1v) is 13.2. The van der Waals surface area contributed by atoms with Gasteiger partial charge in [-0.3, -0.25) is 0 Å². The SMILES string of the molecule is CC(Cl)N(c1cccc2nc3ccccc3c(Nc3ccc(Sc4ccccc4)cc3)c12)C(C)Cl.Cl. The molecule has 1 N–H and O–H groups in total. The Labute approximate surface area is 232 Å². The summed E-state index contributed by atoms with van der Waals surface area (Å²) in [4.78, 5) is 9.36. The summed E-state index contributed by atoms with van der Waals surface area (Å²) in [6.07, 6.45) is 0. The number of aromatic nitrogens is 1. The van der Waals surface area contributed by atoms with Gasteiger partial charge in [-0.2, -0.15) is 0 Å². The van der Waals surface area contributed by atoms with Gasteiger partial charge < -0.3 is 10.2 Å². The van der Waals surface area contributed by atoms with E-state index in [9.17, 15) is 0 Å². The first kappa shape index (κ1) is 26.4. The van der Waals surface area contributed by atoms with E-state index in [1.807, 2.05) is 55.1 Å². The molecule has 5 rings (SSSR count). The number of anilines is 3. The zero-order valence-corrected chi connectivity index (χ0v) is 23.0. The number of fused-ring (bicyclic) bond motifs is 2. The maximum Gasteiger partial charge on any atom is 0.102 e. The van der Waals surface area contributed by atoms with Crippen molar-refractivity contribution in [2.24, 2.45) is 0 Å². The lowest BCUT2D eigenvalue weighted by Crippen LogP contribution is -2.34. The number of nitrogens with one attached hydrogen (secondary N) is 1. The van der Waals surface area contributed by atoms with Gasteiger partial charge in [0.25, 0.3) is 0 Å². The number of nitrogens with zero attached hydrogens (tertiary/aromatic N) is 2. The second kappa shape index (κ2) is 11.6. The van der Waals surface area contributed by atoms with Crippen molar-refractivity contribution in [2.75, 3.05) is 10.2 Å². The van der Waals surface area contributed by atoms with E-state index < -0.39 is 0 Å². The molecule has 0 bridgehead atoms. The van der Waals surface area contributed by atoms with Crippen LogP contribution in [0.25, 0.3) is 21.8 Å². The molecule has 0 aliphatic carbocycles. The number of hydrogen-bond donors (Lipinski definition) is 1. The third-order valence-electron chi connectivity index (χ3n) is 5.83. The molecule has 0 radical (unpaired) electrons. The fraction of sp³-hybridized carbons (Fsp3) is 0.138. The molecule has 0 saturated carbocycles. The molecule has 0 spiro atoms. The average molecular weight is 555 g/mol. The predicted molar refractivity (Wildman–Crippen MR) is 160 cm³/mol. The maximum atomic E-state index is 6.59. The highest BCUT2D eigenvalue weighted by atomic mass is 35.5. The van der Waals surface area contributed by atoms with Crippen LogP contribution in [0.1, 0.15) is 13.8 Å². The number of para-hydroxylation sites is 1. The molecule has 184 valence electrons. The Balaban J connectivity index is 0.00000304. The van der Waals surface area contributed by atoms with E-state index in [2.05, 4.69) is 66.0 Å². The van der Waals surface area contributed by atoms with Crippen molar-refractivity contribution in [1.82, 2.24) is 4.98 Å². The van der Waals surface area contributed by atoms with Crippen LogP contribution in [0.4, 0.5) is 17.1 Å². The van der Waals surface area contributed by atoms with Crippen LogP contribution in [-0.4, -0.2) is 16.0 Å². The molecular weight excluding hydrogens is 529 g/mol. The van der Waals surface area contributed by atoms with Crippen molar-refractivity contribution < 1.29 is 0 Å². The minimum atomic E-state index is -0.290. The van der Waals surface area contributed by atoms with Gasteiger partial charge in [-0.15, -0.1) is 12.4 Å². The number of rotatable bonds is 7. The molecule has 0 aliphatic rings. The number of pyridine rings is 1. The molecule has 5 aromatic rings. The van der Waals surface area contributed by atoms with Crippen LogP contribution < -0.4 is 10.2 Å². The normalized spacial score (nSPS) is 12.7. The fourth-order valence-corrected chi connectivity index (χ4v) is 5.75. The van der Waals surface area contributed by atoms with Gasteiger partial charge in [0.1, 0.15) is 11.0 Å². The number of alkyl halides is 2. The van der Waals surface area contributed by atoms with Crippen molar-refractivity contribution in [1.29, 1.82) is 0 Å². The summed E-state index contributed by atoms with van der Waals surface area (Å²) in [7, 11) is 0. The molecular formula is C29H26Cl3N3S. The molecule has 3 nitrogen and oxygen atoms in total. The van der Waals surface area contributed by atoms with Gasteiger partial charge in [-0.25, -0.2) is 4.98 Å². The van der Waals surface area contributed by atoms with Crippen LogP contribution in [0, 0.1) is 0 Å². The summed E-state index contributed by atoms with van der Waals surface area (Å²) in [5.74, 6) is 0. The molecule has 0 saturated heterocycles. The lowest BCUT2D eigenvalue weighted by atomic mass is 10.0. The summed E-state index contributed by atoms with van der Waals surface area (Å²) in [6, 6.07) is 33.2. The Morgan fingerprint density at radius 3 is 2.03 bits per heavy atom. The van der Waals surface area contributed by atoms with E-state index in [1.54, 1.807) is 11.8 Å². The van der Waals surface area contributed by atoms with Crippen molar-refractivity contribution in [3.8, 4) is 0 Å². The average Bonchev–Trinajstić information content (AvgIpc) is 2.85. The third kappa shape index (κ3) is 5.52.